The van der Waals surface area contributed by atoms with E-state index < -0.39 is 24.4 Å². The van der Waals surface area contributed by atoms with Crippen LogP contribution >= 0.6 is 22.6 Å². The first kappa shape index (κ1) is 23.4. The number of carbonyl (C=O) groups excluding carboxylic acids is 3. The molecule has 0 saturated carbocycles. The number of ether oxygens (including phenoxy) is 3. The molecule has 0 atom stereocenters. The molecule has 0 bridgehead atoms. The van der Waals surface area contributed by atoms with Gasteiger partial charge in [-0.25, -0.2) is 9.69 Å². The van der Waals surface area contributed by atoms with Crippen LogP contribution in [0.15, 0.2) is 42.1 Å². The topological polar surface area (TPSA) is 106 Å². The molecular formula is C22H22IN3O6. The lowest BCUT2D eigenvalue weighted by Crippen LogP contribution is -2.38. The molecule has 1 aliphatic rings. The molecule has 0 aromatic heterocycles. The maximum absolute atomic E-state index is 12.8. The molecule has 32 heavy (non-hydrogen) atoms. The number of rotatable bonds is 8. The number of nitrogens with one attached hydrogen (secondary N) is 2. The van der Waals surface area contributed by atoms with E-state index in [9.17, 15) is 14.4 Å². The van der Waals surface area contributed by atoms with Crippen LogP contribution in [-0.4, -0.2) is 50.1 Å². The molecule has 2 aromatic rings. The highest BCUT2D eigenvalue weighted by molar-refractivity contribution is 14.1. The van der Waals surface area contributed by atoms with E-state index in [2.05, 4.69) is 33.2 Å². The second-order valence-electron chi connectivity index (χ2n) is 6.60. The van der Waals surface area contributed by atoms with Crippen molar-refractivity contribution in [2.24, 2.45) is 0 Å². The Balaban J connectivity index is 1.76. The van der Waals surface area contributed by atoms with Crippen LogP contribution in [0.4, 0.5) is 10.5 Å². The van der Waals surface area contributed by atoms with Gasteiger partial charge in [-0.1, -0.05) is 12.1 Å². The minimum Gasteiger partial charge on any atom is -0.495 e. The Morgan fingerprint density at radius 3 is 2.56 bits per heavy atom. The number of amides is 4. The number of hydrogen-bond acceptors (Lipinski definition) is 6. The predicted molar refractivity (Wildman–Crippen MR) is 127 cm³/mol. The minimum absolute atomic E-state index is 0.0575. The summed E-state index contributed by atoms with van der Waals surface area (Å²) in [6.07, 6.45) is 1.53. The third kappa shape index (κ3) is 5.13. The van der Waals surface area contributed by atoms with Gasteiger partial charge in [-0.15, -0.1) is 0 Å². The molecule has 1 fully saturated rings. The van der Waals surface area contributed by atoms with Crippen molar-refractivity contribution in [1.82, 2.24) is 10.2 Å². The quantitative estimate of drug-likeness (QED) is 0.297. The van der Waals surface area contributed by atoms with Crippen molar-refractivity contribution in [1.29, 1.82) is 0 Å². The number of anilines is 1. The number of para-hydroxylation sites is 2. The number of halogens is 1. The van der Waals surface area contributed by atoms with Crippen molar-refractivity contribution >= 4 is 52.2 Å². The fraction of sp³-hybridized carbons (Fsp3) is 0.227. The molecule has 1 aliphatic heterocycles. The normalized spacial score (nSPS) is 14.4. The van der Waals surface area contributed by atoms with E-state index >= 15 is 0 Å². The standard InChI is InChI=1S/C22H22IN3O6/c1-4-32-20-14(23)9-13(11-18(20)31-3)10-16-21(28)26(22(29)25-16)12-19(27)24-15-7-5-6-8-17(15)30-2/h5-11H,4,12H2,1-3H3,(H,24,27)(H,25,29)/b16-10-. The Hall–Kier alpha value is -3.28. The molecule has 0 aliphatic carbocycles. The summed E-state index contributed by atoms with van der Waals surface area (Å²) < 4.78 is 17.0. The van der Waals surface area contributed by atoms with E-state index in [1.165, 1.54) is 20.3 Å². The molecule has 0 spiro atoms. The highest BCUT2D eigenvalue weighted by atomic mass is 127. The van der Waals surface area contributed by atoms with Crippen LogP contribution in [0, 0.1) is 3.57 Å². The Morgan fingerprint density at radius 1 is 1.16 bits per heavy atom. The van der Waals surface area contributed by atoms with Gasteiger partial charge in [-0.2, -0.15) is 0 Å². The second-order valence-corrected chi connectivity index (χ2v) is 7.76. The van der Waals surface area contributed by atoms with E-state index in [4.69, 9.17) is 14.2 Å². The summed E-state index contributed by atoms with van der Waals surface area (Å²) in [5.74, 6) is 0.451. The zero-order valence-electron chi connectivity index (χ0n) is 17.7. The monoisotopic (exact) mass is 551 g/mol. The summed E-state index contributed by atoms with van der Waals surface area (Å²) >= 11 is 2.11. The lowest BCUT2D eigenvalue weighted by atomic mass is 10.1. The van der Waals surface area contributed by atoms with E-state index in [1.54, 1.807) is 36.4 Å². The van der Waals surface area contributed by atoms with Gasteiger partial charge in [0.05, 0.1) is 30.1 Å². The number of nitrogens with zero attached hydrogens (tertiary/aromatic N) is 1. The van der Waals surface area contributed by atoms with E-state index in [-0.39, 0.29) is 5.70 Å². The molecule has 2 N–H and O–H groups in total. The molecule has 3 rings (SSSR count). The number of benzene rings is 2. The van der Waals surface area contributed by atoms with Gasteiger partial charge in [0, 0.05) is 0 Å². The van der Waals surface area contributed by atoms with Crippen LogP contribution in [0.5, 0.6) is 17.2 Å². The first-order valence-electron chi connectivity index (χ1n) is 9.65. The van der Waals surface area contributed by atoms with Crippen LogP contribution in [0.2, 0.25) is 0 Å². The Morgan fingerprint density at radius 2 is 1.88 bits per heavy atom. The molecule has 1 heterocycles. The predicted octanol–water partition coefficient (Wildman–Crippen LogP) is 3.24. The largest absolute Gasteiger partial charge is 0.495 e. The van der Waals surface area contributed by atoms with Gasteiger partial charge in [0.25, 0.3) is 5.91 Å². The van der Waals surface area contributed by atoms with Gasteiger partial charge in [0.15, 0.2) is 11.5 Å². The maximum atomic E-state index is 12.8. The van der Waals surface area contributed by atoms with Crippen molar-refractivity contribution in [3.8, 4) is 17.2 Å². The zero-order chi connectivity index (χ0) is 23.3. The lowest BCUT2D eigenvalue weighted by Gasteiger charge is -2.13. The summed E-state index contributed by atoms with van der Waals surface area (Å²) in [7, 11) is 3.01. The number of hydrogen-bond donors (Lipinski definition) is 2. The molecule has 0 radical (unpaired) electrons. The number of urea groups is 1. The van der Waals surface area contributed by atoms with Gasteiger partial charge in [-0.05, 0) is 65.4 Å². The van der Waals surface area contributed by atoms with Crippen molar-refractivity contribution < 1.29 is 28.6 Å². The number of imide groups is 1. The van der Waals surface area contributed by atoms with Crippen LogP contribution < -0.4 is 24.8 Å². The summed E-state index contributed by atoms with van der Waals surface area (Å²) in [5.41, 5.74) is 1.14. The van der Waals surface area contributed by atoms with E-state index in [0.29, 0.717) is 35.1 Å². The van der Waals surface area contributed by atoms with Gasteiger partial charge in [0.1, 0.15) is 18.0 Å². The summed E-state index contributed by atoms with van der Waals surface area (Å²) in [6, 6.07) is 9.68. The number of carbonyl (C=O) groups is 3. The van der Waals surface area contributed by atoms with Crippen molar-refractivity contribution in [2.75, 3.05) is 32.7 Å². The lowest BCUT2D eigenvalue weighted by molar-refractivity contribution is -0.127. The zero-order valence-corrected chi connectivity index (χ0v) is 19.9. The average Bonchev–Trinajstić information content (AvgIpc) is 3.03. The second kappa shape index (κ2) is 10.4. The SMILES string of the molecule is CCOc1c(I)cc(/C=C2\NC(=O)N(CC(=O)Nc3ccccc3OC)C2=O)cc1OC. The number of methoxy groups -OCH3 is 2. The molecule has 2 aromatic carbocycles. The molecule has 1 saturated heterocycles. The van der Waals surface area contributed by atoms with Crippen molar-refractivity contribution in [3.05, 3.63) is 51.2 Å². The third-order valence-corrected chi connectivity index (χ3v) is 5.30. The highest BCUT2D eigenvalue weighted by Crippen LogP contribution is 2.34. The summed E-state index contributed by atoms with van der Waals surface area (Å²) in [4.78, 5) is 38.3. The van der Waals surface area contributed by atoms with Crippen molar-refractivity contribution in [2.45, 2.75) is 6.92 Å². The molecule has 168 valence electrons. The van der Waals surface area contributed by atoms with Crippen LogP contribution in [-0.2, 0) is 9.59 Å². The van der Waals surface area contributed by atoms with Crippen LogP contribution in [0.3, 0.4) is 0 Å². The van der Waals surface area contributed by atoms with Crippen LogP contribution in [0.25, 0.3) is 6.08 Å². The smallest absolute Gasteiger partial charge is 0.329 e. The Kier molecular flexibility index (Phi) is 7.57. The Labute approximate surface area is 198 Å². The first-order valence-corrected chi connectivity index (χ1v) is 10.7. The third-order valence-electron chi connectivity index (χ3n) is 4.50. The van der Waals surface area contributed by atoms with E-state index in [0.717, 1.165) is 8.47 Å². The molecule has 0 unspecified atom stereocenters. The summed E-state index contributed by atoms with van der Waals surface area (Å²) in [6.45, 7) is 1.91. The molecule has 10 heteroatoms. The van der Waals surface area contributed by atoms with Gasteiger partial charge < -0.3 is 24.8 Å². The molecule has 9 nitrogen and oxygen atoms in total. The molecular weight excluding hydrogens is 529 g/mol. The maximum Gasteiger partial charge on any atom is 0.329 e. The van der Waals surface area contributed by atoms with Crippen molar-refractivity contribution in [3.63, 3.8) is 0 Å². The fourth-order valence-electron chi connectivity index (χ4n) is 3.07. The first-order chi connectivity index (χ1) is 15.4. The molecule has 4 amide bonds. The minimum atomic E-state index is -0.677. The fourth-order valence-corrected chi connectivity index (χ4v) is 3.85. The van der Waals surface area contributed by atoms with Gasteiger partial charge in [-0.3, -0.25) is 9.59 Å². The van der Waals surface area contributed by atoms with Gasteiger partial charge in [0.2, 0.25) is 5.91 Å². The van der Waals surface area contributed by atoms with E-state index in [1.807, 2.05) is 6.92 Å². The average molecular weight is 551 g/mol. The van der Waals surface area contributed by atoms with Crippen LogP contribution in [0.1, 0.15) is 12.5 Å². The Bertz CT molecular complexity index is 1090. The van der Waals surface area contributed by atoms with Gasteiger partial charge >= 0.3 is 6.03 Å². The highest BCUT2D eigenvalue weighted by Gasteiger charge is 2.35. The summed E-state index contributed by atoms with van der Waals surface area (Å²) in [5, 5.41) is 5.16.